The predicted octanol–water partition coefficient (Wildman–Crippen LogP) is 6.17. The minimum atomic E-state index is -4.43. The Balaban J connectivity index is 1.53. The molecular formula is C24H19ClF3N3O. The van der Waals surface area contributed by atoms with Gasteiger partial charge in [-0.1, -0.05) is 61.0 Å². The van der Waals surface area contributed by atoms with Crippen LogP contribution < -0.4 is 5.32 Å². The number of pyridine rings is 1. The number of amides is 1. The number of aryl methyl sites for hydroxylation is 1. The fourth-order valence-electron chi connectivity index (χ4n) is 3.61. The van der Waals surface area contributed by atoms with Crippen molar-refractivity contribution in [1.82, 2.24) is 14.7 Å². The molecule has 0 radical (unpaired) electrons. The Morgan fingerprint density at radius 1 is 1.09 bits per heavy atom. The Labute approximate surface area is 187 Å². The second-order valence-corrected chi connectivity index (χ2v) is 7.69. The fourth-order valence-corrected chi connectivity index (χ4v) is 3.76. The molecule has 4 nitrogen and oxygen atoms in total. The third-order valence-corrected chi connectivity index (χ3v) is 5.40. The lowest BCUT2D eigenvalue weighted by atomic mass is 9.98. The highest BCUT2D eigenvalue weighted by molar-refractivity contribution is 6.30. The van der Waals surface area contributed by atoms with Gasteiger partial charge in [0.15, 0.2) is 0 Å². The number of carbonyl (C=O) groups is 1. The number of nitrogens with zero attached hydrogens (tertiary/aromatic N) is 2. The zero-order valence-corrected chi connectivity index (χ0v) is 17.8. The largest absolute Gasteiger partial charge is 0.417 e. The average Bonchev–Trinajstić information content (AvgIpc) is 3.15. The first-order valence-corrected chi connectivity index (χ1v) is 10.4. The Morgan fingerprint density at radius 3 is 2.50 bits per heavy atom. The first-order valence-electron chi connectivity index (χ1n) is 9.98. The molecule has 0 aliphatic heterocycles. The molecule has 0 bridgehead atoms. The summed E-state index contributed by atoms with van der Waals surface area (Å²) in [5.41, 5.74) is 2.35. The number of fused-ring (bicyclic) bond motifs is 1. The number of benzene rings is 2. The van der Waals surface area contributed by atoms with Crippen molar-refractivity contribution in [3.8, 4) is 11.1 Å². The zero-order chi connectivity index (χ0) is 22.9. The van der Waals surface area contributed by atoms with Gasteiger partial charge in [-0.05, 0) is 35.2 Å². The smallest absolute Gasteiger partial charge is 0.347 e. The Bertz CT molecular complexity index is 1280. The van der Waals surface area contributed by atoms with Gasteiger partial charge in [-0.2, -0.15) is 13.2 Å². The van der Waals surface area contributed by atoms with E-state index in [0.29, 0.717) is 34.0 Å². The Hall–Kier alpha value is -3.32. The zero-order valence-electron chi connectivity index (χ0n) is 17.1. The molecule has 0 unspecified atom stereocenters. The lowest BCUT2D eigenvalue weighted by Crippen LogP contribution is -2.25. The number of hydrogen-bond acceptors (Lipinski definition) is 2. The van der Waals surface area contributed by atoms with E-state index in [4.69, 9.17) is 11.6 Å². The van der Waals surface area contributed by atoms with E-state index >= 15 is 0 Å². The van der Waals surface area contributed by atoms with E-state index in [1.165, 1.54) is 12.1 Å². The number of aromatic nitrogens is 2. The molecule has 8 heteroatoms. The molecule has 32 heavy (non-hydrogen) atoms. The van der Waals surface area contributed by atoms with Crippen LogP contribution in [0.15, 0.2) is 66.9 Å². The van der Waals surface area contributed by atoms with Crippen molar-refractivity contribution < 1.29 is 18.0 Å². The van der Waals surface area contributed by atoms with Crippen LogP contribution in [-0.2, 0) is 19.1 Å². The second kappa shape index (κ2) is 8.67. The van der Waals surface area contributed by atoms with Crippen LogP contribution in [0, 0.1) is 0 Å². The molecule has 0 saturated heterocycles. The van der Waals surface area contributed by atoms with E-state index in [-0.39, 0.29) is 18.0 Å². The summed E-state index contributed by atoms with van der Waals surface area (Å²) in [6.45, 7) is 2.14. The van der Waals surface area contributed by atoms with Crippen LogP contribution in [0.1, 0.15) is 34.2 Å². The van der Waals surface area contributed by atoms with Gasteiger partial charge >= 0.3 is 6.18 Å². The molecule has 0 fully saturated rings. The summed E-state index contributed by atoms with van der Waals surface area (Å²) in [7, 11) is 0. The summed E-state index contributed by atoms with van der Waals surface area (Å²) in [5, 5.41) is 3.40. The molecule has 0 saturated carbocycles. The number of imidazole rings is 1. The SMILES string of the molecule is CCc1nc2cc(Cl)ccn2c1C(=O)NCc1ccc(-c2ccccc2C(F)(F)F)cc1. The van der Waals surface area contributed by atoms with Gasteiger partial charge in [0.2, 0.25) is 0 Å². The molecular weight excluding hydrogens is 439 g/mol. The topological polar surface area (TPSA) is 46.4 Å². The van der Waals surface area contributed by atoms with E-state index in [2.05, 4.69) is 10.3 Å². The molecule has 0 aliphatic carbocycles. The minimum absolute atomic E-state index is 0.118. The highest BCUT2D eigenvalue weighted by Gasteiger charge is 2.33. The van der Waals surface area contributed by atoms with Gasteiger partial charge in [-0.25, -0.2) is 4.98 Å². The van der Waals surface area contributed by atoms with Crippen LogP contribution in [0.25, 0.3) is 16.8 Å². The lowest BCUT2D eigenvalue weighted by molar-refractivity contribution is -0.137. The van der Waals surface area contributed by atoms with Crippen molar-refractivity contribution in [3.63, 3.8) is 0 Å². The minimum Gasteiger partial charge on any atom is -0.347 e. The molecule has 4 rings (SSSR count). The van der Waals surface area contributed by atoms with E-state index in [0.717, 1.165) is 11.6 Å². The summed E-state index contributed by atoms with van der Waals surface area (Å²) >= 11 is 6.02. The van der Waals surface area contributed by atoms with Crippen molar-refractivity contribution in [1.29, 1.82) is 0 Å². The third-order valence-electron chi connectivity index (χ3n) is 5.16. The second-order valence-electron chi connectivity index (χ2n) is 7.26. The summed E-state index contributed by atoms with van der Waals surface area (Å²) < 4.78 is 41.6. The number of rotatable bonds is 5. The molecule has 2 aromatic heterocycles. The van der Waals surface area contributed by atoms with Crippen LogP contribution in [0.5, 0.6) is 0 Å². The lowest BCUT2D eigenvalue weighted by Gasteiger charge is -2.13. The van der Waals surface area contributed by atoms with Gasteiger partial charge in [0.1, 0.15) is 11.3 Å². The Morgan fingerprint density at radius 2 is 1.81 bits per heavy atom. The van der Waals surface area contributed by atoms with Crippen molar-refractivity contribution in [3.05, 3.63) is 94.4 Å². The normalized spacial score (nSPS) is 11.7. The summed E-state index contributed by atoms with van der Waals surface area (Å²) in [6.07, 6.45) is -2.15. The molecule has 0 spiro atoms. The van der Waals surface area contributed by atoms with Crippen LogP contribution >= 0.6 is 11.6 Å². The predicted molar refractivity (Wildman–Crippen MR) is 118 cm³/mol. The molecule has 1 N–H and O–H groups in total. The first kappa shape index (κ1) is 21.9. The Kier molecular flexibility index (Phi) is 5.93. The third kappa shape index (κ3) is 4.34. The summed E-state index contributed by atoms with van der Waals surface area (Å²) in [4.78, 5) is 17.3. The maximum atomic E-state index is 13.3. The van der Waals surface area contributed by atoms with Crippen molar-refractivity contribution in [2.75, 3.05) is 0 Å². The van der Waals surface area contributed by atoms with Crippen molar-refractivity contribution in [2.24, 2.45) is 0 Å². The molecule has 164 valence electrons. The van der Waals surface area contributed by atoms with Gasteiger partial charge < -0.3 is 5.32 Å². The molecule has 0 atom stereocenters. The number of halogens is 4. The maximum Gasteiger partial charge on any atom is 0.417 e. The monoisotopic (exact) mass is 457 g/mol. The average molecular weight is 458 g/mol. The maximum absolute atomic E-state index is 13.3. The van der Waals surface area contributed by atoms with Crippen molar-refractivity contribution >= 4 is 23.2 Å². The van der Waals surface area contributed by atoms with E-state index < -0.39 is 11.7 Å². The van der Waals surface area contributed by atoms with Crippen LogP contribution in [0.2, 0.25) is 5.02 Å². The van der Waals surface area contributed by atoms with E-state index in [1.54, 1.807) is 53.1 Å². The van der Waals surface area contributed by atoms with Crippen LogP contribution in [0.3, 0.4) is 0 Å². The summed E-state index contributed by atoms with van der Waals surface area (Å²) in [6, 6.07) is 15.5. The quantitative estimate of drug-likeness (QED) is 0.390. The molecule has 2 heterocycles. The van der Waals surface area contributed by atoms with Gasteiger partial charge in [0, 0.05) is 23.8 Å². The number of hydrogen-bond donors (Lipinski definition) is 1. The van der Waals surface area contributed by atoms with Gasteiger partial charge in [-0.15, -0.1) is 0 Å². The number of nitrogens with one attached hydrogen (secondary N) is 1. The molecule has 4 aromatic rings. The van der Waals surface area contributed by atoms with Gasteiger partial charge in [0.25, 0.3) is 5.91 Å². The number of alkyl halides is 3. The molecule has 0 aliphatic rings. The highest BCUT2D eigenvalue weighted by atomic mass is 35.5. The van der Waals surface area contributed by atoms with E-state index in [9.17, 15) is 18.0 Å². The number of carbonyl (C=O) groups excluding carboxylic acids is 1. The van der Waals surface area contributed by atoms with Gasteiger partial charge in [-0.3, -0.25) is 9.20 Å². The summed E-state index contributed by atoms with van der Waals surface area (Å²) in [5.74, 6) is -0.289. The molecule has 1 amide bonds. The van der Waals surface area contributed by atoms with Gasteiger partial charge in [0.05, 0.1) is 11.3 Å². The van der Waals surface area contributed by atoms with Crippen LogP contribution in [-0.4, -0.2) is 15.3 Å². The highest BCUT2D eigenvalue weighted by Crippen LogP contribution is 2.36. The van der Waals surface area contributed by atoms with E-state index in [1.807, 2.05) is 6.92 Å². The first-order chi connectivity index (χ1) is 15.3. The standard InChI is InChI=1S/C24H19ClF3N3O/c1-2-20-22(31-12-11-17(25)13-21(31)30-20)23(32)29-14-15-7-9-16(10-8-15)18-5-3-4-6-19(18)24(26,27)28/h3-13H,2,14H2,1H3,(H,29,32). The van der Waals surface area contributed by atoms with Crippen molar-refractivity contribution in [2.45, 2.75) is 26.1 Å². The van der Waals surface area contributed by atoms with Crippen LogP contribution in [0.4, 0.5) is 13.2 Å². The molecule has 2 aromatic carbocycles. The fraction of sp³-hybridized carbons (Fsp3) is 0.167.